The van der Waals surface area contributed by atoms with Crippen LogP contribution >= 0.6 is 27.4 Å². The average Bonchev–Trinajstić information content (AvgIpc) is 2.29. The molecule has 1 amide bonds. The molecule has 0 aromatic rings. The molecule has 0 fully saturated rings. The van der Waals surface area contributed by atoms with Crippen LogP contribution in [0.1, 0.15) is 40.0 Å². The number of hydrogen-bond donors (Lipinski definition) is 1. The fraction of sp³-hybridized carbons (Fsp3) is 0.727. The van der Waals surface area contributed by atoms with Gasteiger partial charge in [0.05, 0.1) is 5.75 Å². The zero-order chi connectivity index (χ0) is 13.1. The molecule has 0 aromatic heterocycles. The maximum atomic E-state index is 10.6. The fourth-order valence-electron chi connectivity index (χ4n) is 0.856. The minimum atomic E-state index is -1.89. The minimum absolute atomic E-state index is 0.476. The van der Waals surface area contributed by atoms with Crippen molar-refractivity contribution in [1.29, 1.82) is 0 Å². The van der Waals surface area contributed by atoms with Gasteiger partial charge in [-0.15, -0.1) is 5.92 Å². The SMILES string of the molecule is CCCC#CCSP(=S)(NC=O)SC(C)CC. The van der Waals surface area contributed by atoms with Crippen molar-refractivity contribution in [3.63, 3.8) is 0 Å². The van der Waals surface area contributed by atoms with Crippen molar-refractivity contribution in [2.75, 3.05) is 5.75 Å². The highest BCUT2D eigenvalue weighted by atomic mass is 33.2. The first kappa shape index (κ1) is 17.4. The van der Waals surface area contributed by atoms with E-state index in [0.29, 0.717) is 11.0 Å². The molecule has 0 saturated carbocycles. The van der Waals surface area contributed by atoms with Crippen molar-refractivity contribution in [3.05, 3.63) is 0 Å². The molecule has 0 spiro atoms. The van der Waals surface area contributed by atoms with Gasteiger partial charge in [0.2, 0.25) is 6.41 Å². The topological polar surface area (TPSA) is 29.1 Å². The van der Waals surface area contributed by atoms with E-state index in [1.165, 1.54) is 0 Å². The summed E-state index contributed by atoms with van der Waals surface area (Å²) in [4.78, 5) is 10.6. The van der Waals surface area contributed by atoms with Crippen LogP contribution in [0.4, 0.5) is 0 Å². The Morgan fingerprint density at radius 2 is 2.18 bits per heavy atom. The second-order valence-corrected chi connectivity index (χ2v) is 14.7. The second-order valence-electron chi connectivity index (χ2n) is 3.45. The lowest BCUT2D eigenvalue weighted by Crippen LogP contribution is -2.05. The Balaban J connectivity index is 4.27. The van der Waals surface area contributed by atoms with Crippen LogP contribution in [0.5, 0.6) is 0 Å². The van der Waals surface area contributed by atoms with Gasteiger partial charge >= 0.3 is 0 Å². The molecular weight excluding hydrogens is 289 g/mol. The van der Waals surface area contributed by atoms with E-state index in [4.69, 9.17) is 11.8 Å². The van der Waals surface area contributed by atoms with Gasteiger partial charge in [0.1, 0.15) is 4.59 Å². The first-order valence-electron chi connectivity index (χ1n) is 5.68. The largest absolute Gasteiger partial charge is 0.315 e. The zero-order valence-corrected chi connectivity index (χ0v) is 13.9. The molecule has 0 aromatic carbocycles. The van der Waals surface area contributed by atoms with Crippen molar-refractivity contribution in [1.82, 2.24) is 5.09 Å². The Labute approximate surface area is 118 Å². The highest BCUT2D eigenvalue weighted by Gasteiger charge is 2.19. The molecular formula is C11H20NOPS3. The lowest BCUT2D eigenvalue weighted by atomic mass is 10.3. The van der Waals surface area contributed by atoms with Gasteiger partial charge in [-0.25, -0.2) is 0 Å². The maximum Gasteiger partial charge on any atom is 0.212 e. The molecule has 0 rings (SSSR count). The Morgan fingerprint density at radius 1 is 1.47 bits per heavy atom. The van der Waals surface area contributed by atoms with Crippen LogP contribution < -0.4 is 5.09 Å². The third kappa shape index (κ3) is 9.02. The van der Waals surface area contributed by atoms with Gasteiger partial charge in [0, 0.05) is 11.7 Å². The summed E-state index contributed by atoms with van der Waals surface area (Å²) in [6, 6.07) is 0. The second kappa shape index (κ2) is 10.3. The molecule has 0 radical (unpaired) electrons. The van der Waals surface area contributed by atoms with Crippen LogP contribution in [-0.2, 0) is 16.6 Å². The molecule has 0 bridgehead atoms. The number of carbonyl (C=O) groups is 1. The van der Waals surface area contributed by atoms with Crippen LogP contribution in [0.15, 0.2) is 0 Å². The molecule has 0 heterocycles. The molecule has 0 saturated heterocycles. The molecule has 6 heteroatoms. The summed E-state index contributed by atoms with van der Waals surface area (Å²) < 4.78 is -1.89. The van der Waals surface area contributed by atoms with Gasteiger partial charge < -0.3 is 5.09 Å². The molecule has 1 N–H and O–H groups in total. The zero-order valence-electron chi connectivity index (χ0n) is 10.6. The van der Waals surface area contributed by atoms with Crippen molar-refractivity contribution in [2.24, 2.45) is 0 Å². The van der Waals surface area contributed by atoms with E-state index >= 15 is 0 Å². The van der Waals surface area contributed by atoms with Gasteiger partial charge in [0.15, 0.2) is 0 Å². The van der Waals surface area contributed by atoms with Crippen molar-refractivity contribution < 1.29 is 4.79 Å². The predicted octanol–water partition coefficient (Wildman–Crippen LogP) is 4.03. The quantitative estimate of drug-likeness (QED) is 0.416. The number of nitrogens with one attached hydrogen (secondary N) is 1. The Morgan fingerprint density at radius 3 is 2.71 bits per heavy atom. The lowest BCUT2D eigenvalue weighted by Gasteiger charge is -2.21. The Hall–Kier alpha value is 0.380. The van der Waals surface area contributed by atoms with Crippen molar-refractivity contribution >= 4 is 45.6 Å². The summed E-state index contributed by atoms with van der Waals surface area (Å²) in [7, 11) is 0. The van der Waals surface area contributed by atoms with Gasteiger partial charge in [0.25, 0.3) is 0 Å². The summed E-state index contributed by atoms with van der Waals surface area (Å²) in [6.07, 6.45) is 3.80. The number of unbranched alkanes of at least 4 members (excludes halogenated alkanes) is 1. The van der Waals surface area contributed by atoms with Gasteiger partial charge in [-0.1, -0.05) is 61.3 Å². The average molecular weight is 309 g/mol. The summed E-state index contributed by atoms with van der Waals surface area (Å²) in [5, 5.41) is 3.29. The maximum absolute atomic E-state index is 10.6. The van der Waals surface area contributed by atoms with Crippen LogP contribution in [0.25, 0.3) is 0 Å². The molecule has 2 atom stereocenters. The fourth-order valence-corrected chi connectivity index (χ4v) is 9.83. The van der Waals surface area contributed by atoms with Gasteiger partial charge in [-0.3, -0.25) is 4.79 Å². The molecule has 0 aliphatic carbocycles. The highest BCUT2D eigenvalue weighted by molar-refractivity contribution is 9.00. The van der Waals surface area contributed by atoms with Gasteiger partial charge in [-0.05, 0) is 12.8 Å². The smallest absolute Gasteiger partial charge is 0.212 e. The van der Waals surface area contributed by atoms with Crippen molar-refractivity contribution in [3.8, 4) is 11.8 Å². The highest BCUT2D eigenvalue weighted by Crippen LogP contribution is 2.67. The predicted molar refractivity (Wildman–Crippen MR) is 86.0 cm³/mol. The summed E-state index contributed by atoms with van der Waals surface area (Å²) in [5.41, 5.74) is 0. The molecule has 17 heavy (non-hydrogen) atoms. The number of hydrogen-bond acceptors (Lipinski definition) is 4. The summed E-state index contributed by atoms with van der Waals surface area (Å²) in [5.74, 6) is 6.90. The molecule has 0 aliphatic rings. The first-order valence-corrected chi connectivity index (χ1v) is 11.6. The standard InChI is InChI=1S/C11H20NOPS3/c1-4-6-7-8-9-16-14(15,12-10-13)17-11(3)5-2/h10-11H,4-6,9H2,1-3H3,(H,12,13,15). The first-order chi connectivity index (χ1) is 8.08. The lowest BCUT2D eigenvalue weighted by molar-refractivity contribution is -0.108. The van der Waals surface area contributed by atoms with E-state index in [1.807, 2.05) is 0 Å². The minimum Gasteiger partial charge on any atom is -0.315 e. The van der Waals surface area contributed by atoms with E-state index in [2.05, 4.69) is 37.7 Å². The van der Waals surface area contributed by atoms with E-state index in [-0.39, 0.29) is 0 Å². The van der Waals surface area contributed by atoms with E-state index < -0.39 is 4.59 Å². The van der Waals surface area contributed by atoms with E-state index in [9.17, 15) is 4.79 Å². The van der Waals surface area contributed by atoms with E-state index in [0.717, 1.165) is 25.7 Å². The number of carbonyl (C=O) groups excluding carboxylic acids is 1. The number of amides is 1. The molecule has 98 valence electrons. The van der Waals surface area contributed by atoms with Gasteiger partial charge in [-0.2, -0.15) is 0 Å². The third-order valence-corrected chi connectivity index (χ3v) is 11.6. The normalized spacial score (nSPS) is 15.2. The Bertz CT molecular complexity index is 324. The number of rotatable bonds is 8. The molecule has 0 aliphatic heterocycles. The molecule has 2 nitrogen and oxygen atoms in total. The van der Waals surface area contributed by atoms with Crippen LogP contribution in [0.3, 0.4) is 0 Å². The third-order valence-electron chi connectivity index (χ3n) is 1.91. The monoisotopic (exact) mass is 309 g/mol. The summed E-state index contributed by atoms with van der Waals surface area (Å²) >= 11 is 8.88. The Kier molecular flexibility index (Phi) is 10.5. The van der Waals surface area contributed by atoms with Crippen LogP contribution in [0, 0.1) is 11.8 Å². The van der Waals surface area contributed by atoms with Crippen LogP contribution in [0.2, 0.25) is 0 Å². The van der Waals surface area contributed by atoms with Crippen molar-refractivity contribution in [2.45, 2.75) is 45.3 Å². The van der Waals surface area contributed by atoms with Crippen LogP contribution in [-0.4, -0.2) is 17.4 Å². The summed E-state index contributed by atoms with van der Waals surface area (Å²) in [6.45, 7) is 6.38. The van der Waals surface area contributed by atoms with E-state index in [1.54, 1.807) is 22.8 Å². The molecule has 2 unspecified atom stereocenters.